The lowest BCUT2D eigenvalue weighted by molar-refractivity contribution is -0.140. The van der Waals surface area contributed by atoms with Crippen molar-refractivity contribution < 1.29 is 22.7 Å². The topological polar surface area (TPSA) is 81.7 Å². The van der Waals surface area contributed by atoms with Gasteiger partial charge in [0.05, 0.1) is 18.5 Å². The van der Waals surface area contributed by atoms with Crippen molar-refractivity contribution in [2.75, 3.05) is 19.5 Å². The molecule has 1 heterocycles. The molecule has 1 fully saturated rings. The van der Waals surface area contributed by atoms with E-state index in [9.17, 15) is 13.2 Å². The molecule has 19 heavy (non-hydrogen) atoms. The molecule has 0 aliphatic carbocycles. The van der Waals surface area contributed by atoms with Gasteiger partial charge in [0, 0.05) is 19.1 Å². The zero-order valence-electron chi connectivity index (χ0n) is 11.8. The van der Waals surface area contributed by atoms with Crippen LogP contribution in [0.1, 0.15) is 39.5 Å². The summed E-state index contributed by atoms with van der Waals surface area (Å²) in [5.41, 5.74) is -0.294. The van der Waals surface area contributed by atoms with Crippen molar-refractivity contribution in [1.29, 1.82) is 0 Å². The van der Waals surface area contributed by atoms with Crippen molar-refractivity contribution in [3.63, 3.8) is 0 Å². The van der Waals surface area contributed by atoms with Crippen LogP contribution in [0.4, 0.5) is 0 Å². The molecule has 0 spiro atoms. The molecule has 0 radical (unpaired) electrons. The van der Waals surface area contributed by atoms with Gasteiger partial charge in [0.1, 0.15) is 0 Å². The van der Waals surface area contributed by atoms with E-state index in [2.05, 4.69) is 9.46 Å². The summed E-state index contributed by atoms with van der Waals surface area (Å²) in [6.45, 7) is 4.46. The van der Waals surface area contributed by atoms with Crippen LogP contribution in [-0.2, 0) is 24.3 Å². The molecule has 0 saturated carbocycles. The van der Waals surface area contributed by atoms with Crippen LogP contribution in [0.2, 0.25) is 0 Å². The van der Waals surface area contributed by atoms with Crippen LogP contribution in [0.25, 0.3) is 0 Å². The van der Waals surface area contributed by atoms with Crippen LogP contribution in [-0.4, -0.2) is 45.5 Å². The predicted octanol–water partition coefficient (Wildman–Crippen LogP) is 0.817. The number of carbonyl (C=O) groups is 1. The molecule has 1 rings (SSSR count). The van der Waals surface area contributed by atoms with Crippen LogP contribution < -0.4 is 4.72 Å². The Bertz CT molecular complexity index is 404. The molecule has 6 nitrogen and oxygen atoms in total. The quantitative estimate of drug-likeness (QED) is 0.733. The van der Waals surface area contributed by atoms with Crippen molar-refractivity contribution >= 4 is 16.0 Å². The van der Waals surface area contributed by atoms with Gasteiger partial charge in [-0.1, -0.05) is 0 Å². The molecule has 7 heteroatoms. The Balaban J connectivity index is 2.39. The molecule has 0 aromatic heterocycles. The van der Waals surface area contributed by atoms with Crippen LogP contribution in [0.3, 0.4) is 0 Å². The minimum Gasteiger partial charge on any atom is -0.469 e. The number of ether oxygens (including phenoxy) is 2. The summed E-state index contributed by atoms with van der Waals surface area (Å²) in [5, 5.41) is 0. The maximum Gasteiger partial charge on any atom is 0.305 e. The van der Waals surface area contributed by atoms with Crippen molar-refractivity contribution in [2.24, 2.45) is 0 Å². The highest BCUT2D eigenvalue weighted by molar-refractivity contribution is 7.89. The van der Waals surface area contributed by atoms with Gasteiger partial charge in [0.25, 0.3) is 0 Å². The summed E-state index contributed by atoms with van der Waals surface area (Å²) in [5.74, 6) is -0.442. The Kier molecular flexibility index (Phi) is 5.76. The van der Waals surface area contributed by atoms with E-state index in [1.165, 1.54) is 7.11 Å². The maximum absolute atomic E-state index is 11.9. The van der Waals surface area contributed by atoms with Crippen LogP contribution in [0.15, 0.2) is 0 Å². The third kappa shape index (κ3) is 6.35. The molecular weight excluding hydrogens is 270 g/mol. The molecular formula is C12H23NO5S. The summed E-state index contributed by atoms with van der Waals surface area (Å²) in [7, 11) is -2.06. The minimum atomic E-state index is -3.35. The average Bonchev–Trinajstić information content (AvgIpc) is 2.26. The average molecular weight is 293 g/mol. The van der Waals surface area contributed by atoms with E-state index < -0.39 is 10.0 Å². The molecule has 1 saturated heterocycles. The highest BCUT2D eigenvalue weighted by atomic mass is 32.2. The largest absolute Gasteiger partial charge is 0.469 e. The van der Waals surface area contributed by atoms with Gasteiger partial charge >= 0.3 is 5.97 Å². The second-order valence-corrected chi connectivity index (χ2v) is 7.29. The van der Waals surface area contributed by atoms with Gasteiger partial charge in [-0.05, 0) is 33.1 Å². The van der Waals surface area contributed by atoms with Crippen molar-refractivity contribution in [3.05, 3.63) is 0 Å². The number of hydrogen-bond acceptors (Lipinski definition) is 5. The smallest absolute Gasteiger partial charge is 0.305 e. The van der Waals surface area contributed by atoms with E-state index in [0.717, 1.165) is 0 Å². The number of sulfonamides is 1. The highest BCUT2D eigenvalue weighted by Gasteiger charge is 2.31. The normalized spacial score (nSPS) is 23.0. The predicted molar refractivity (Wildman–Crippen MR) is 71.2 cm³/mol. The van der Waals surface area contributed by atoms with E-state index in [4.69, 9.17) is 4.74 Å². The zero-order valence-corrected chi connectivity index (χ0v) is 12.6. The van der Waals surface area contributed by atoms with Gasteiger partial charge in [-0.2, -0.15) is 0 Å². The van der Waals surface area contributed by atoms with Gasteiger partial charge in [-0.3, -0.25) is 4.79 Å². The molecule has 1 N–H and O–H groups in total. The first-order valence-corrected chi connectivity index (χ1v) is 8.10. The van der Waals surface area contributed by atoms with Crippen LogP contribution >= 0.6 is 0 Å². The minimum absolute atomic E-state index is 0.0557. The number of rotatable bonds is 6. The summed E-state index contributed by atoms with van der Waals surface area (Å²) < 4.78 is 36.4. The van der Waals surface area contributed by atoms with Gasteiger partial charge in [0.2, 0.25) is 10.0 Å². The number of methoxy groups -OCH3 is 1. The molecule has 1 unspecified atom stereocenters. The summed E-state index contributed by atoms with van der Waals surface area (Å²) in [4.78, 5) is 10.9. The fraction of sp³-hybridized carbons (Fsp3) is 0.917. The van der Waals surface area contributed by atoms with E-state index in [0.29, 0.717) is 19.4 Å². The first-order valence-electron chi connectivity index (χ1n) is 6.45. The first kappa shape index (κ1) is 16.4. The molecule has 0 amide bonds. The van der Waals surface area contributed by atoms with Gasteiger partial charge in [-0.15, -0.1) is 0 Å². The molecule has 112 valence electrons. The Morgan fingerprint density at radius 1 is 1.47 bits per heavy atom. The van der Waals surface area contributed by atoms with E-state index in [1.807, 2.05) is 13.8 Å². The summed E-state index contributed by atoms with van der Waals surface area (Å²) >= 11 is 0. The van der Waals surface area contributed by atoms with Crippen molar-refractivity contribution in [2.45, 2.75) is 51.2 Å². The zero-order chi connectivity index (χ0) is 14.5. The lowest BCUT2D eigenvalue weighted by Crippen LogP contribution is -2.46. The molecule has 1 atom stereocenters. The van der Waals surface area contributed by atoms with Crippen molar-refractivity contribution in [3.8, 4) is 0 Å². The van der Waals surface area contributed by atoms with E-state index in [-0.39, 0.29) is 36.2 Å². The SMILES string of the molecule is COC(=O)CCCS(=O)(=O)NC1CCOC(C)(C)C1. The summed E-state index contributed by atoms with van der Waals surface area (Å²) in [6, 6.07) is -0.0909. The molecule has 0 aromatic carbocycles. The van der Waals surface area contributed by atoms with Gasteiger partial charge in [-0.25, -0.2) is 13.1 Å². The lowest BCUT2D eigenvalue weighted by Gasteiger charge is -2.35. The fourth-order valence-corrected chi connectivity index (χ4v) is 3.51. The molecule has 0 aromatic rings. The third-order valence-electron chi connectivity index (χ3n) is 3.06. The third-order valence-corrected chi connectivity index (χ3v) is 4.58. The lowest BCUT2D eigenvalue weighted by atomic mass is 9.95. The van der Waals surface area contributed by atoms with E-state index in [1.54, 1.807) is 0 Å². The highest BCUT2D eigenvalue weighted by Crippen LogP contribution is 2.24. The Morgan fingerprint density at radius 2 is 2.16 bits per heavy atom. The first-order chi connectivity index (χ1) is 8.74. The second-order valence-electron chi connectivity index (χ2n) is 5.41. The number of carbonyl (C=O) groups excluding carboxylic acids is 1. The Morgan fingerprint density at radius 3 is 2.74 bits per heavy atom. The molecule has 0 bridgehead atoms. The second kappa shape index (κ2) is 6.67. The van der Waals surface area contributed by atoms with Gasteiger partial charge in [0.15, 0.2) is 0 Å². The standard InChI is InChI=1S/C12H23NO5S/c1-12(2)9-10(6-7-18-12)13-19(15,16)8-4-5-11(14)17-3/h10,13H,4-9H2,1-3H3. The van der Waals surface area contributed by atoms with Gasteiger partial charge < -0.3 is 9.47 Å². The van der Waals surface area contributed by atoms with E-state index >= 15 is 0 Å². The van der Waals surface area contributed by atoms with Crippen LogP contribution in [0.5, 0.6) is 0 Å². The van der Waals surface area contributed by atoms with Crippen molar-refractivity contribution in [1.82, 2.24) is 4.72 Å². The molecule has 1 aliphatic rings. The Labute approximate surface area is 114 Å². The summed E-state index contributed by atoms with van der Waals surface area (Å²) in [6.07, 6.45) is 1.73. The number of esters is 1. The fourth-order valence-electron chi connectivity index (χ4n) is 2.15. The Hall–Kier alpha value is -0.660. The monoisotopic (exact) mass is 293 g/mol. The van der Waals surface area contributed by atoms with Crippen LogP contribution in [0, 0.1) is 0 Å². The molecule has 1 aliphatic heterocycles. The number of nitrogens with one attached hydrogen (secondary N) is 1. The number of hydrogen-bond donors (Lipinski definition) is 1. The maximum atomic E-state index is 11.9.